The van der Waals surface area contributed by atoms with Gasteiger partial charge in [0.05, 0.1) is 5.60 Å². The fourth-order valence-corrected chi connectivity index (χ4v) is 0.899. The lowest BCUT2D eigenvalue weighted by Gasteiger charge is -2.18. The zero-order valence-corrected chi connectivity index (χ0v) is 9.43. The summed E-state index contributed by atoms with van der Waals surface area (Å²) in [5.74, 6) is -1.43. The van der Waals surface area contributed by atoms with Crippen molar-refractivity contribution in [1.29, 1.82) is 0 Å². The van der Waals surface area contributed by atoms with E-state index in [-0.39, 0.29) is 18.4 Å². The van der Waals surface area contributed by atoms with Crippen molar-refractivity contribution in [2.75, 3.05) is 6.61 Å². The molecule has 90 valence electrons. The minimum Gasteiger partial charge on any atom is -0.492 e. The summed E-state index contributed by atoms with van der Waals surface area (Å²) in [5.41, 5.74) is -0.459. The van der Waals surface area contributed by atoms with Crippen molar-refractivity contribution in [2.24, 2.45) is 0 Å². The van der Waals surface area contributed by atoms with Gasteiger partial charge in [-0.05, 0) is 20.8 Å². The molecule has 0 spiro atoms. The highest BCUT2D eigenvalue weighted by Crippen LogP contribution is 2.18. The second-order valence-corrected chi connectivity index (χ2v) is 4.21. The van der Waals surface area contributed by atoms with Crippen LogP contribution < -0.4 is 4.84 Å². The van der Waals surface area contributed by atoms with Crippen LogP contribution in [0.4, 0.5) is 0 Å². The van der Waals surface area contributed by atoms with Crippen molar-refractivity contribution >= 4 is 5.97 Å². The first kappa shape index (κ1) is 12.4. The number of aromatic nitrogens is 1. The molecule has 0 bridgehead atoms. The summed E-state index contributed by atoms with van der Waals surface area (Å²) in [6.07, 6.45) is 0. The Hall–Kier alpha value is -1.69. The quantitative estimate of drug-likeness (QED) is 0.796. The van der Waals surface area contributed by atoms with Gasteiger partial charge in [0.15, 0.2) is 0 Å². The monoisotopic (exact) mass is 229 g/mol. The average Bonchev–Trinajstić information content (AvgIpc) is 2.45. The minimum absolute atomic E-state index is 0.263. The van der Waals surface area contributed by atoms with Crippen LogP contribution in [-0.4, -0.2) is 33.1 Å². The summed E-state index contributed by atoms with van der Waals surface area (Å²) < 4.78 is 5.79. The maximum Gasteiger partial charge on any atom is 0.358 e. The number of ether oxygens (including phenoxy) is 1. The van der Waals surface area contributed by atoms with Crippen molar-refractivity contribution in [1.82, 2.24) is 4.73 Å². The van der Waals surface area contributed by atoms with E-state index in [1.54, 1.807) is 20.8 Å². The predicted molar refractivity (Wildman–Crippen MR) is 55.1 cm³/mol. The lowest BCUT2D eigenvalue weighted by Crippen LogP contribution is -2.29. The highest BCUT2D eigenvalue weighted by molar-refractivity contribution is 5.71. The Labute approximate surface area is 93.0 Å². The first-order valence-electron chi connectivity index (χ1n) is 4.74. The molecule has 0 fully saturated rings. The molecular formula is C10H15NO5. The van der Waals surface area contributed by atoms with Crippen LogP contribution in [0.5, 0.6) is 11.8 Å². The standard InChI is InChI=1S/C10H15NO5/c1-10(2,3)15-6-9(14)16-11-7(12)4-5-8(11)13/h4-5,12-13H,6H2,1-3H3. The Bertz CT molecular complexity index is 358. The molecule has 1 rings (SSSR count). The van der Waals surface area contributed by atoms with Gasteiger partial charge in [0.25, 0.3) is 0 Å². The fraction of sp³-hybridized carbons (Fsp3) is 0.500. The van der Waals surface area contributed by atoms with Crippen molar-refractivity contribution in [3.63, 3.8) is 0 Å². The molecule has 2 N–H and O–H groups in total. The molecule has 6 nitrogen and oxygen atoms in total. The SMILES string of the molecule is CC(C)(C)OCC(=O)On1c(O)ccc1O. The number of carbonyl (C=O) groups excluding carboxylic acids is 1. The molecule has 1 aromatic heterocycles. The van der Waals surface area contributed by atoms with E-state index in [2.05, 4.69) is 4.84 Å². The Morgan fingerprint density at radius 1 is 1.31 bits per heavy atom. The number of aromatic hydroxyl groups is 2. The Kier molecular flexibility index (Phi) is 3.44. The minimum atomic E-state index is -0.711. The Morgan fingerprint density at radius 3 is 2.25 bits per heavy atom. The van der Waals surface area contributed by atoms with E-state index in [0.717, 1.165) is 0 Å². The van der Waals surface area contributed by atoms with E-state index in [0.29, 0.717) is 4.73 Å². The van der Waals surface area contributed by atoms with Gasteiger partial charge in [0, 0.05) is 12.1 Å². The molecule has 0 saturated heterocycles. The van der Waals surface area contributed by atoms with Crippen LogP contribution in [0, 0.1) is 0 Å². The molecule has 0 amide bonds. The fourth-order valence-electron chi connectivity index (χ4n) is 0.899. The summed E-state index contributed by atoms with van der Waals surface area (Å²) >= 11 is 0. The molecule has 6 heteroatoms. The summed E-state index contributed by atoms with van der Waals surface area (Å²) in [5, 5.41) is 18.4. The van der Waals surface area contributed by atoms with Gasteiger partial charge in [0.1, 0.15) is 6.61 Å². The molecule has 0 atom stereocenters. The molecule has 0 aliphatic carbocycles. The topological polar surface area (TPSA) is 80.9 Å². The smallest absolute Gasteiger partial charge is 0.358 e. The van der Waals surface area contributed by atoms with E-state index in [4.69, 9.17) is 4.74 Å². The molecule has 0 saturated carbocycles. The zero-order chi connectivity index (χ0) is 12.3. The highest BCUT2D eigenvalue weighted by Gasteiger charge is 2.16. The number of nitrogens with zero attached hydrogens (tertiary/aromatic N) is 1. The molecule has 1 aromatic rings. The largest absolute Gasteiger partial charge is 0.492 e. The van der Waals surface area contributed by atoms with Crippen LogP contribution in [0.3, 0.4) is 0 Å². The van der Waals surface area contributed by atoms with E-state index in [1.165, 1.54) is 12.1 Å². The Balaban J connectivity index is 2.53. The van der Waals surface area contributed by atoms with Gasteiger partial charge in [-0.25, -0.2) is 4.79 Å². The molecule has 1 heterocycles. The van der Waals surface area contributed by atoms with Gasteiger partial charge in [-0.1, -0.05) is 0 Å². The van der Waals surface area contributed by atoms with E-state index < -0.39 is 11.6 Å². The second-order valence-electron chi connectivity index (χ2n) is 4.21. The van der Waals surface area contributed by atoms with Gasteiger partial charge in [-0.2, -0.15) is 0 Å². The number of hydrogen-bond acceptors (Lipinski definition) is 5. The van der Waals surface area contributed by atoms with Crippen molar-refractivity contribution in [2.45, 2.75) is 26.4 Å². The van der Waals surface area contributed by atoms with Crippen LogP contribution in [0.25, 0.3) is 0 Å². The normalized spacial score (nSPS) is 11.4. The predicted octanol–water partition coefficient (Wildman–Crippen LogP) is 0.670. The van der Waals surface area contributed by atoms with Crippen LogP contribution in [0.15, 0.2) is 12.1 Å². The second kappa shape index (κ2) is 4.44. The summed E-state index contributed by atoms with van der Waals surface area (Å²) in [7, 11) is 0. The van der Waals surface area contributed by atoms with Crippen molar-refractivity contribution in [3.8, 4) is 11.8 Å². The Morgan fingerprint density at radius 2 is 1.81 bits per heavy atom. The van der Waals surface area contributed by atoms with Gasteiger partial charge in [0.2, 0.25) is 11.8 Å². The third kappa shape index (κ3) is 3.47. The molecule has 0 aliphatic heterocycles. The van der Waals surface area contributed by atoms with Gasteiger partial charge in [-0.3, -0.25) is 0 Å². The van der Waals surface area contributed by atoms with Crippen LogP contribution in [0.1, 0.15) is 20.8 Å². The van der Waals surface area contributed by atoms with Crippen LogP contribution in [-0.2, 0) is 9.53 Å². The summed E-state index contributed by atoms with van der Waals surface area (Å²) in [6, 6.07) is 2.40. The van der Waals surface area contributed by atoms with Crippen molar-refractivity contribution < 1.29 is 24.6 Å². The molecule has 16 heavy (non-hydrogen) atoms. The molecule has 0 aromatic carbocycles. The van der Waals surface area contributed by atoms with E-state index >= 15 is 0 Å². The summed E-state index contributed by atoms with van der Waals surface area (Å²) in [6.45, 7) is 5.13. The molecule has 0 radical (unpaired) electrons. The molecular weight excluding hydrogens is 214 g/mol. The van der Waals surface area contributed by atoms with E-state index in [1.807, 2.05) is 0 Å². The first-order valence-corrected chi connectivity index (χ1v) is 4.74. The van der Waals surface area contributed by atoms with E-state index in [9.17, 15) is 15.0 Å². The zero-order valence-electron chi connectivity index (χ0n) is 9.43. The average molecular weight is 229 g/mol. The maximum atomic E-state index is 11.3. The maximum absolute atomic E-state index is 11.3. The summed E-state index contributed by atoms with van der Waals surface area (Å²) in [4.78, 5) is 15.9. The van der Waals surface area contributed by atoms with Crippen LogP contribution >= 0.6 is 0 Å². The molecule has 0 aliphatic rings. The highest BCUT2D eigenvalue weighted by atomic mass is 16.7. The van der Waals surface area contributed by atoms with Gasteiger partial charge < -0.3 is 19.8 Å². The first-order chi connectivity index (χ1) is 7.29. The number of carbonyl (C=O) groups is 1. The lowest BCUT2D eigenvalue weighted by atomic mass is 10.2. The van der Waals surface area contributed by atoms with Gasteiger partial charge in [-0.15, -0.1) is 4.73 Å². The number of hydrogen-bond donors (Lipinski definition) is 2. The lowest BCUT2D eigenvalue weighted by molar-refractivity contribution is -0.155. The third-order valence-electron chi connectivity index (χ3n) is 1.61. The van der Waals surface area contributed by atoms with Crippen molar-refractivity contribution in [3.05, 3.63) is 12.1 Å². The molecule has 0 unspecified atom stereocenters. The van der Waals surface area contributed by atoms with Crippen LogP contribution in [0.2, 0.25) is 0 Å². The number of rotatable bonds is 3. The van der Waals surface area contributed by atoms with Gasteiger partial charge >= 0.3 is 5.97 Å². The third-order valence-corrected chi connectivity index (χ3v) is 1.61.